The summed E-state index contributed by atoms with van der Waals surface area (Å²) in [5.74, 6) is 1.76. The Kier molecular flexibility index (Phi) is 9.98. The Bertz CT molecular complexity index is 640. The number of likely N-dealkylation sites (tertiary alicyclic amines) is 2. The third-order valence-electron chi connectivity index (χ3n) is 6.35. The lowest BCUT2D eigenvalue weighted by atomic mass is 9.84. The lowest BCUT2D eigenvalue weighted by Crippen LogP contribution is -2.62. The van der Waals surface area contributed by atoms with Crippen LogP contribution in [0.2, 0.25) is 0 Å². The van der Waals surface area contributed by atoms with E-state index in [-0.39, 0.29) is 29.5 Å². The molecule has 2 aliphatic rings. The van der Waals surface area contributed by atoms with Gasteiger partial charge in [0.25, 0.3) is 0 Å². The number of ether oxygens (including phenoxy) is 1. The van der Waals surface area contributed by atoms with Gasteiger partial charge in [0.1, 0.15) is 5.75 Å². The topological polar surface area (TPSA) is 52.1 Å². The number of aliphatic imine (C=N–C) groups is 1. The molecule has 0 saturated carbocycles. The van der Waals surface area contributed by atoms with Crippen molar-refractivity contribution in [2.24, 2.45) is 4.99 Å². The van der Waals surface area contributed by atoms with Crippen LogP contribution >= 0.6 is 24.0 Å². The van der Waals surface area contributed by atoms with E-state index >= 15 is 0 Å². The summed E-state index contributed by atoms with van der Waals surface area (Å²) in [5.41, 5.74) is 1.44. The highest BCUT2D eigenvalue weighted by molar-refractivity contribution is 14.0. The molecule has 3 rings (SSSR count). The molecule has 0 aliphatic carbocycles. The molecule has 2 heterocycles. The van der Waals surface area contributed by atoms with Crippen molar-refractivity contribution in [3.05, 3.63) is 29.8 Å². The van der Waals surface area contributed by atoms with Gasteiger partial charge in [-0.2, -0.15) is 0 Å². The van der Waals surface area contributed by atoms with Gasteiger partial charge < -0.3 is 20.3 Å². The van der Waals surface area contributed by atoms with Gasteiger partial charge in [0.15, 0.2) is 5.96 Å². The van der Waals surface area contributed by atoms with Crippen molar-refractivity contribution >= 4 is 29.9 Å². The molecule has 2 N–H and O–H groups in total. The fourth-order valence-electron chi connectivity index (χ4n) is 4.44. The fraction of sp³-hybridized carbons (Fsp3) is 0.682. The highest BCUT2D eigenvalue weighted by Crippen LogP contribution is 2.30. The number of halogens is 1. The molecule has 2 aliphatic heterocycles. The molecule has 0 atom stereocenters. The number of piperidine rings is 2. The molecule has 0 aromatic heterocycles. The van der Waals surface area contributed by atoms with Gasteiger partial charge in [-0.15, -0.1) is 24.0 Å². The largest absolute Gasteiger partial charge is 0.497 e. The van der Waals surface area contributed by atoms with Crippen LogP contribution in [-0.4, -0.2) is 75.2 Å². The summed E-state index contributed by atoms with van der Waals surface area (Å²) in [6, 6.07) is 8.16. The van der Waals surface area contributed by atoms with E-state index in [4.69, 9.17) is 4.74 Å². The van der Waals surface area contributed by atoms with Crippen LogP contribution in [0.3, 0.4) is 0 Å². The fourth-order valence-corrected chi connectivity index (χ4v) is 4.44. The van der Waals surface area contributed by atoms with Crippen molar-refractivity contribution in [3.63, 3.8) is 0 Å². The lowest BCUT2D eigenvalue weighted by Gasteiger charge is -2.50. The predicted molar refractivity (Wildman–Crippen MR) is 131 cm³/mol. The van der Waals surface area contributed by atoms with Crippen LogP contribution in [0.5, 0.6) is 5.75 Å². The number of guanidine groups is 1. The number of benzene rings is 1. The maximum absolute atomic E-state index is 5.32. The predicted octanol–water partition coefficient (Wildman–Crippen LogP) is 2.93. The second kappa shape index (κ2) is 12.0. The minimum absolute atomic E-state index is 0. The molecule has 1 aromatic rings. The number of hydrogen-bond donors (Lipinski definition) is 2. The molecule has 0 bridgehead atoms. The standard InChI is InChI=1S/C22H37N5O.HI/c1-23-21(24-17-19-8-7-9-20(16-19)28-3)25-18-22(10-14-26(2)15-11-22)27-12-5-4-6-13-27;/h7-9,16H,4-6,10-15,17-18H2,1-3H3,(H2,23,24,25);1H. The summed E-state index contributed by atoms with van der Waals surface area (Å²) in [7, 11) is 5.79. The van der Waals surface area contributed by atoms with Gasteiger partial charge in [-0.05, 0) is 76.6 Å². The summed E-state index contributed by atoms with van der Waals surface area (Å²) >= 11 is 0. The van der Waals surface area contributed by atoms with Gasteiger partial charge in [0.2, 0.25) is 0 Å². The third-order valence-corrected chi connectivity index (χ3v) is 6.35. The molecule has 0 spiro atoms. The Morgan fingerprint density at radius 1 is 1.10 bits per heavy atom. The van der Waals surface area contributed by atoms with Crippen LogP contribution in [0.15, 0.2) is 29.3 Å². The van der Waals surface area contributed by atoms with Crippen LogP contribution in [-0.2, 0) is 6.54 Å². The van der Waals surface area contributed by atoms with Crippen molar-refractivity contribution in [1.82, 2.24) is 20.4 Å². The van der Waals surface area contributed by atoms with Crippen molar-refractivity contribution in [3.8, 4) is 5.75 Å². The molecule has 0 amide bonds. The highest BCUT2D eigenvalue weighted by atomic mass is 127. The second-order valence-electron chi connectivity index (χ2n) is 8.21. The first kappa shape index (κ1) is 24.2. The summed E-state index contributed by atoms with van der Waals surface area (Å²) in [6.07, 6.45) is 6.50. The Labute approximate surface area is 193 Å². The van der Waals surface area contributed by atoms with E-state index in [1.54, 1.807) is 7.11 Å². The van der Waals surface area contributed by atoms with Gasteiger partial charge in [-0.25, -0.2) is 0 Å². The van der Waals surface area contributed by atoms with Crippen LogP contribution in [0.1, 0.15) is 37.7 Å². The summed E-state index contributed by atoms with van der Waals surface area (Å²) in [4.78, 5) is 9.67. The van der Waals surface area contributed by atoms with Gasteiger partial charge in [0.05, 0.1) is 7.11 Å². The van der Waals surface area contributed by atoms with E-state index in [0.717, 1.165) is 24.8 Å². The molecule has 7 heteroatoms. The zero-order chi connectivity index (χ0) is 19.8. The number of rotatable bonds is 6. The summed E-state index contributed by atoms with van der Waals surface area (Å²) < 4.78 is 5.32. The van der Waals surface area contributed by atoms with Crippen LogP contribution in [0, 0.1) is 0 Å². The summed E-state index contributed by atoms with van der Waals surface area (Å²) in [5, 5.41) is 7.10. The first-order valence-electron chi connectivity index (χ1n) is 10.7. The quantitative estimate of drug-likeness (QED) is 0.347. The van der Waals surface area contributed by atoms with Gasteiger partial charge in [-0.3, -0.25) is 9.89 Å². The van der Waals surface area contributed by atoms with E-state index < -0.39 is 0 Å². The summed E-state index contributed by atoms with van der Waals surface area (Å²) in [6.45, 7) is 6.51. The SMILES string of the molecule is CN=C(NCc1cccc(OC)c1)NCC1(N2CCCCC2)CCN(C)CC1.I. The molecule has 2 saturated heterocycles. The molecule has 0 radical (unpaired) electrons. The average molecular weight is 515 g/mol. The zero-order valence-corrected chi connectivity index (χ0v) is 20.6. The van der Waals surface area contributed by atoms with Crippen LogP contribution in [0.25, 0.3) is 0 Å². The van der Waals surface area contributed by atoms with E-state index in [9.17, 15) is 0 Å². The van der Waals surface area contributed by atoms with Gasteiger partial charge in [0, 0.05) is 25.7 Å². The molecule has 0 unspecified atom stereocenters. The lowest BCUT2D eigenvalue weighted by molar-refractivity contribution is 0.0173. The van der Waals surface area contributed by atoms with Crippen LogP contribution < -0.4 is 15.4 Å². The minimum Gasteiger partial charge on any atom is -0.497 e. The number of methoxy groups -OCH3 is 1. The Hall–Kier alpha value is -1.06. The van der Waals surface area contributed by atoms with Crippen molar-refractivity contribution in [2.45, 2.75) is 44.2 Å². The van der Waals surface area contributed by atoms with Gasteiger partial charge >= 0.3 is 0 Å². The van der Waals surface area contributed by atoms with E-state index in [2.05, 4.69) is 44.6 Å². The molecule has 1 aromatic carbocycles. The van der Waals surface area contributed by atoms with Crippen molar-refractivity contribution < 1.29 is 4.74 Å². The first-order valence-corrected chi connectivity index (χ1v) is 10.7. The molecule has 164 valence electrons. The number of nitrogens with zero attached hydrogens (tertiary/aromatic N) is 3. The smallest absolute Gasteiger partial charge is 0.191 e. The minimum atomic E-state index is 0. The maximum Gasteiger partial charge on any atom is 0.191 e. The molecular weight excluding hydrogens is 477 g/mol. The Morgan fingerprint density at radius 2 is 1.83 bits per heavy atom. The first-order chi connectivity index (χ1) is 13.6. The highest BCUT2D eigenvalue weighted by Gasteiger charge is 2.39. The number of hydrogen-bond acceptors (Lipinski definition) is 4. The molecule has 6 nitrogen and oxygen atoms in total. The van der Waals surface area contributed by atoms with Crippen molar-refractivity contribution in [2.75, 3.05) is 53.9 Å². The van der Waals surface area contributed by atoms with E-state index in [1.807, 2.05) is 19.2 Å². The number of nitrogens with one attached hydrogen (secondary N) is 2. The molecular formula is C22H38IN5O. The average Bonchev–Trinajstić information content (AvgIpc) is 2.76. The zero-order valence-electron chi connectivity index (χ0n) is 18.2. The van der Waals surface area contributed by atoms with Crippen molar-refractivity contribution in [1.29, 1.82) is 0 Å². The molecule has 29 heavy (non-hydrogen) atoms. The normalized spacial score (nSPS) is 20.6. The Balaban J connectivity index is 0.00000300. The van der Waals surface area contributed by atoms with Gasteiger partial charge in [-0.1, -0.05) is 18.6 Å². The van der Waals surface area contributed by atoms with E-state index in [0.29, 0.717) is 0 Å². The Morgan fingerprint density at radius 3 is 2.48 bits per heavy atom. The maximum atomic E-state index is 5.32. The van der Waals surface area contributed by atoms with Crippen LogP contribution in [0.4, 0.5) is 0 Å². The van der Waals surface area contributed by atoms with E-state index in [1.165, 1.54) is 63.8 Å². The molecule has 2 fully saturated rings. The second-order valence-corrected chi connectivity index (χ2v) is 8.21. The monoisotopic (exact) mass is 515 g/mol. The third kappa shape index (κ3) is 6.72.